The minimum Gasteiger partial charge on any atom is -0.378 e. The van der Waals surface area contributed by atoms with Crippen LogP contribution < -0.4 is 11.1 Å². The van der Waals surface area contributed by atoms with E-state index in [2.05, 4.69) is 10.3 Å². The number of carbonyl (C=O) groups excluding carboxylic acids is 1. The minimum absolute atomic E-state index is 0.0476. The van der Waals surface area contributed by atoms with Crippen LogP contribution in [0.25, 0.3) is 0 Å². The van der Waals surface area contributed by atoms with Crippen LogP contribution in [0.1, 0.15) is 49.9 Å². The average Bonchev–Trinajstić information content (AvgIpc) is 3.11. The van der Waals surface area contributed by atoms with E-state index in [1.165, 1.54) is 17.0 Å². The van der Waals surface area contributed by atoms with Gasteiger partial charge in [-0.05, 0) is 63.4 Å². The number of aryl methyl sites for hydroxylation is 1. The Balaban J connectivity index is 1.75. The second-order valence-electron chi connectivity index (χ2n) is 8.77. The molecule has 4 rings (SSSR count). The maximum Gasteiger partial charge on any atom is 0.237 e. The molecule has 2 aromatic carbocycles. The largest absolute Gasteiger partial charge is 0.378 e. The lowest BCUT2D eigenvalue weighted by Gasteiger charge is -2.46. The van der Waals surface area contributed by atoms with Gasteiger partial charge >= 0.3 is 0 Å². The SMILES string of the molecule is CN1C(=O)C(C)(C)C(C)(c2cc(NC3CCc4cccc(F)c43)ccc2F)N=C1N. The molecule has 0 saturated carbocycles. The molecule has 0 aromatic heterocycles. The molecule has 3 N–H and O–H groups in total. The van der Waals surface area contributed by atoms with E-state index in [1.54, 1.807) is 46.0 Å². The lowest BCUT2D eigenvalue weighted by Crippen LogP contribution is -2.58. The number of aliphatic imine (C=N–C) groups is 1. The Bertz CT molecular complexity index is 1070. The van der Waals surface area contributed by atoms with Gasteiger partial charge in [-0.15, -0.1) is 0 Å². The third kappa shape index (κ3) is 2.87. The predicted octanol–water partition coefficient (Wildman–Crippen LogP) is 4.09. The first kappa shape index (κ1) is 20.3. The zero-order valence-corrected chi connectivity index (χ0v) is 17.6. The Morgan fingerprint density at radius 2 is 1.90 bits per heavy atom. The third-order valence-electron chi connectivity index (χ3n) is 6.76. The number of fused-ring (bicyclic) bond motifs is 1. The number of benzene rings is 2. The molecule has 2 aliphatic rings. The zero-order chi connectivity index (χ0) is 21.8. The molecule has 158 valence electrons. The van der Waals surface area contributed by atoms with Crippen molar-refractivity contribution in [1.29, 1.82) is 0 Å². The standard InChI is InChI=1S/C23H26F2N4O/c1-22(2)20(30)29(4)21(26)28-23(22,3)15-12-14(9-10-16(15)24)27-18-11-8-13-6-5-7-17(25)19(13)18/h5-7,9-10,12,18,27H,8,11H2,1-4H3,(H2,26,28). The maximum atomic E-state index is 15.0. The number of nitrogens with one attached hydrogen (secondary N) is 1. The summed E-state index contributed by atoms with van der Waals surface area (Å²) >= 11 is 0. The van der Waals surface area contributed by atoms with Crippen molar-refractivity contribution in [3.05, 3.63) is 64.7 Å². The number of hydrogen-bond acceptors (Lipinski definition) is 4. The maximum absolute atomic E-state index is 15.0. The molecule has 2 atom stereocenters. The lowest BCUT2D eigenvalue weighted by molar-refractivity contribution is -0.140. The summed E-state index contributed by atoms with van der Waals surface area (Å²) in [6.45, 7) is 5.20. The van der Waals surface area contributed by atoms with Crippen molar-refractivity contribution in [3.8, 4) is 0 Å². The summed E-state index contributed by atoms with van der Waals surface area (Å²) in [5, 5.41) is 3.34. The highest BCUT2D eigenvalue weighted by molar-refractivity contribution is 6.01. The van der Waals surface area contributed by atoms with Crippen molar-refractivity contribution >= 4 is 17.6 Å². The van der Waals surface area contributed by atoms with E-state index in [4.69, 9.17) is 5.73 Å². The van der Waals surface area contributed by atoms with E-state index in [1.807, 2.05) is 6.07 Å². The molecule has 7 heteroatoms. The van der Waals surface area contributed by atoms with Crippen LogP contribution in [0.2, 0.25) is 0 Å². The number of carbonyl (C=O) groups is 1. The number of anilines is 1. The van der Waals surface area contributed by atoms with Gasteiger partial charge in [0.2, 0.25) is 5.91 Å². The van der Waals surface area contributed by atoms with Crippen molar-refractivity contribution in [2.24, 2.45) is 16.1 Å². The Hall–Kier alpha value is -2.96. The molecule has 5 nitrogen and oxygen atoms in total. The highest BCUT2D eigenvalue weighted by Crippen LogP contribution is 2.48. The molecule has 0 fully saturated rings. The second-order valence-corrected chi connectivity index (χ2v) is 8.77. The molecule has 0 spiro atoms. The number of nitrogens with zero attached hydrogens (tertiary/aromatic N) is 2. The molecule has 0 radical (unpaired) electrons. The second kappa shape index (κ2) is 6.79. The summed E-state index contributed by atoms with van der Waals surface area (Å²) in [4.78, 5) is 18.7. The summed E-state index contributed by atoms with van der Waals surface area (Å²) in [5.74, 6) is -0.896. The molecule has 1 heterocycles. The molecule has 30 heavy (non-hydrogen) atoms. The molecule has 2 aromatic rings. The van der Waals surface area contributed by atoms with Crippen LogP contribution >= 0.6 is 0 Å². The first-order chi connectivity index (χ1) is 14.1. The molecule has 0 saturated heterocycles. The smallest absolute Gasteiger partial charge is 0.237 e. The highest BCUT2D eigenvalue weighted by Gasteiger charge is 2.53. The van der Waals surface area contributed by atoms with Crippen molar-refractivity contribution in [3.63, 3.8) is 0 Å². The average molecular weight is 412 g/mol. The van der Waals surface area contributed by atoms with Crippen molar-refractivity contribution < 1.29 is 13.6 Å². The van der Waals surface area contributed by atoms with Crippen LogP contribution in [0, 0.1) is 17.0 Å². The summed E-state index contributed by atoms with van der Waals surface area (Å²) in [6.07, 6.45) is 1.53. The van der Waals surface area contributed by atoms with Crippen LogP contribution in [-0.2, 0) is 16.8 Å². The fourth-order valence-corrected chi connectivity index (χ4v) is 4.54. The van der Waals surface area contributed by atoms with Crippen LogP contribution in [-0.4, -0.2) is 23.8 Å². The van der Waals surface area contributed by atoms with E-state index in [-0.39, 0.29) is 29.3 Å². The van der Waals surface area contributed by atoms with Crippen molar-refractivity contribution in [2.75, 3.05) is 12.4 Å². The zero-order valence-electron chi connectivity index (χ0n) is 17.6. The quantitative estimate of drug-likeness (QED) is 0.798. The van der Waals surface area contributed by atoms with Gasteiger partial charge in [-0.3, -0.25) is 9.69 Å². The van der Waals surface area contributed by atoms with Gasteiger partial charge in [0.1, 0.15) is 17.2 Å². The van der Waals surface area contributed by atoms with E-state index >= 15 is 0 Å². The number of halogens is 2. The van der Waals surface area contributed by atoms with Crippen LogP contribution in [0.4, 0.5) is 14.5 Å². The first-order valence-corrected chi connectivity index (χ1v) is 10.0. The first-order valence-electron chi connectivity index (χ1n) is 10.0. The fourth-order valence-electron chi connectivity index (χ4n) is 4.54. The normalized spacial score (nSPS) is 25.1. The Kier molecular flexibility index (Phi) is 4.60. The molecule has 0 bridgehead atoms. The number of nitrogens with two attached hydrogens (primary N) is 1. The topological polar surface area (TPSA) is 70.7 Å². The highest BCUT2D eigenvalue weighted by atomic mass is 19.1. The Morgan fingerprint density at radius 1 is 1.17 bits per heavy atom. The van der Waals surface area contributed by atoms with E-state index in [0.717, 1.165) is 18.4 Å². The predicted molar refractivity (Wildman–Crippen MR) is 113 cm³/mol. The molecular weight excluding hydrogens is 386 g/mol. The lowest BCUT2D eigenvalue weighted by atomic mass is 9.67. The van der Waals surface area contributed by atoms with Crippen LogP contribution in [0.3, 0.4) is 0 Å². The fraction of sp³-hybridized carbons (Fsp3) is 0.391. The van der Waals surface area contributed by atoms with Crippen LogP contribution in [0.5, 0.6) is 0 Å². The summed E-state index contributed by atoms with van der Waals surface area (Å²) in [5.41, 5.74) is 6.32. The molecule has 1 aliphatic carbocycles. The van der Waals surface area contributed by atoms with Gasteiger partial charge < -0.3 is 11.1 Å². The third-order valence-corrected chi connectivity index (χ3v) is 6.76. The Morgan fingerprint density at radius 3 is 2.63 bits per heavy atom. The van der Waals surface area contributed by atoms with Gasteiger partial charge in [0, 0.05) is 23.9 Å². The number of guanidine groups is 1. The number of rotatable bonds is 3. The van der Waals surface area contributed by atoms with Gasteiger partial charge in [-0.25, -0.2) is 13.8 Å². The van der Waals surface area contributed by atoms with Crippen molar-refractivity contribution in [2.45, 2.75) is 45.2 Å². The van der Waals surface area contributed by atoms with E-state index in [0.29, 0.717) is 11.3 Å². The summed E-state index contributed by atoms with van der Waals surface area (Å²) in [6, 6.07) is 9.54. The van der Waals surface area contributed by atoms with Gasteiger partial charge in [0.05, 0.1) is 11.5 Å². The van der Waals surface area contributed by atoms with Crippen molar-refractivity contribution in [1.82, 2.24) is 4.90 Å². The molecule has 2 unspecified atom stereocenters. The molecule has 1 amide bonds. The number of amides is 1. The summed E-state index contributed by atoms with van der Waals surface area (Å²) in [7, 11) is 1.56. The van der Waals surface area contributed by atoms with Crippen LogP contribution in [0.15, 0.2) is 41.4 Å². The Labute approximate surface area is 175 Å². The summed E-state index contributed by atoms with van der Waals surface area (Å²) < 4.78 is 29.4. The molecule has 1 aliphatic heterocycles. The van der Waals surface area contributed by atoms with Gasteiger partial charge in [-0.1, -0.05) is 12.1 Å². The number of hydrogen-bond donors (Lipinski definition) is 2. The van der Waals surface area contributed by atoms with Gasteiger partial charge in [0.25, 0.3) is 0 Å². The van der Waals surface area contributed by atoms with Gasteiger partial charge in [0.15, 0.2) is 5.96 Å². The minimum atomic E-state index is -1.19. The van der Waals surface area contributed by atoms with Gasteiger partial charge in [-0.2, -0.15) is 0 Å². The van der Waals surface area contributed by atoms with E-state index < -0.39 is 16.8 Å². The monoisotopic (exact) mass is 412 g/mol. The van der Waals surface area contributed by atoms with E-state index in [9.17, 15) is 13.6 Å². The molecular formula is C23H26F2N4O.